The van der Waals surface area contributed by atoms with Crippen molar-refractivity contribution >= 4 is 29.4 Å². The number of benzene rings is 1. The molecule has 1 aromatic carbocycles. The van der Waals surface area contributed by atoms with Gasteiger partial charge in [0.1, 0.15) is 11.6 Å². The predicted octanol–water partition coefficient (Wildman–Crippen LogP) is 1.36. The van der Waals surface area contributed by atoms with Crippen molar-refractivity contribution in [1.82, 2.24) is 14.7 Å². The zero-order chi connectivity index (χ0) is 19.5. The maximum absolute atomic E-state index is 13.3. The van der Waals surface area contributed by atoms with E-state index in [9.17, 15) is 18.8 Å². The Morgan fingerprint density at radius 3 is 2.52 bits per heavy atom. The van der Waals surface area contributed by atoms with Gasteiger partial charge in [-0.05, 0) is 38.1 Å². The Morgan fingerprint density at radius 1 is 1.22 bits per heavy atom. The summed E-state index contributed by atoms with van der Waals surface area (Å²) in [6, 6.07) is 4.67. The van der Waals surface area contributed by atoms with Crippen molar-refractivity contribution in [3.05, 3.63) is 42.0 Å². The van der Waals surface area contributed by atoms with Crippen molar-refractivity contribution in [2.45, 2.75) is 26.1 Å². The number of rotatable bonds is 3. The summed E-state index contributed by atoms with van der Waals surface area (Å²) < 4.78 is 13.3. The standard InChI is InChI=1S/C18H18FN5O3/c1-10-8-22-14-15(21(3)18(27)23(16(14)26)9-11(2)25)20-17(22)24(10)13-6-4-12(19)5-7-13/h4-8,14-15H,9H2,1-3H3. The molecule has 1 saturated heterocycles. The summed E-state index contributed by atoms with van der Waals surface area (Å²) in [7, 11) is 1.56. The predicted molar refractivity (Wildman–Crippen MR) is 95.0 cm³/mol. The van der Waals surface area contributed by atoms with E-state index in [-0.39, 0.29) is 18.1 Å². The fourth-order valence-electron chi connectivity index (χ4n) is 3.63. The molecule has 3 amide bonds. The number of anilines is 1. The van der Waals surface area contributed by atoms with Gasteiger partial charge in [-0.3, -0.25) is 19.4 Å². The largest absolute Gasteiger partial charge is 0.328 e. The minimum atomic E-state index is -0.734. The van der Waals surface area contributed by atoms with Gasteiger partial charge in [0.05, 0.1) is 6.54 Å². The molecule has 1 aromatic rings. The molecular formula is C18H18FN5O3. The molecule has 140 valence electrons. The maximum atomic E-state index is 13.3. The number of hydrogen-bond donors (Lipinski definition) is 0. The number of amides is 3. The molecule has 4 rings (SSSR count). The van der Waals surface area contributed by atoms with Gasteiger partial charge in [0.25, 0.3) is 5.91 Å². The number of fused-ring (bicyclic) bond motifs is 3. The third-order valence-corrected chi connectivity index (χ3v) is 4.85. The first-order valence-electron chi connectivity index (χ1n) is 8.47. The minimum absolute atomic E-state index is 0.265. The molecule has 0 spiro atoms. The summed E-state index contributed by atoms with van der Waals surface area (Å²) in [5.41, 5.74) is 1.51. The third-order valence-electron chi connectivity index (χ3n) is 4.85. The van der Waals surface area contributed by atoms with Crippen LogP contribution in [0.3, 0.4) is 0 Å². The molecule has 3 aliphatic heterocycles. The van der Waals surface area contributed by atoms with Gasteiger partial charge >= 0.3 is 6.03 Å². The first-order valence-corrected chi connectivity index (χ1v) is 8.47. The van der Waals surface area contributed by atoms with E-state index < -0.39 is 24.1 Å². The second kappa shape index (κ2) is 5.90. The lowest BCUT2D eigenvalue weighted by Crippen LogP contribution is -2.64. The Hall–Kier alpha value is -3.23. The molecule has 0 aromatic heterocycles. The van der Waals surface area contributed by atoms with Crippen LogP contribution in [-0.4, -0.2) is 64.2 Å². The van der Waals surface area contributed by atoms with Gasteiger partial charge in [-0.25, -0.2) is 14.2 Å². The number of guanidine groups is 1. The Kier molecular flexibility index (Phi) is 3.76. The molecule has 0 radical (unpaired) electrons. The summed E-state index contributed by atoms with van der Waals surface area (Å²) in [5.74, 6) is -0.587. The van der Waals surface area contributed by atoms with Crippen LogP contribution in [0.5, 0.6) is 0 Å². The lowest BCUT2D eigenvalue weighted by Gasteiger charge is -2.39. The van der Waals surface area contributed by atoms with Crippen molar-refractivity contribution in [3.8, 4) is 0 Å². The van der Waals surface area contributed by atoms with Gasteiger partial charge in [0, 0.05) is 24.6 Å². The van der Waals surface area contributed by atoms with Gasteiger partial charge in [-0.1, -0.05) is 0 Å². The number of hydrogen-bond acceptors (Lipinski definition) is 6. The van der Waals surface area contributed by atoms with E-state index in [1.165, 1.54) is 24.0 Å². The zero-order valence-corrected chi connectivity index (χ0v) is 15.1. The number of imide groups is 1. The summed E-state index contributed by atoms with van der Waals surface area (Å²) in [6.45, 7) is 2.92. The first-order chi connectivity index (χ1) is 12.8. The highest BCUT2D eigenvalue weighted by molar-refractivity contribution is 6.10. The van der Waals surface area contributed by atoms with Crippen LogP contribution < -0.4 is 4.90 Å². The monoisotopic (exact) mass is 371 g/mol. The second-order valence-corrected chi connectivity index (χ2v) is 6.80. The zero-order valence-electron chi connectivity index (χ0n) is 15.1. The fraction of sp³-hybridized carbons (Fsp3) is 0.333. The molecule has 3 aliphatic rings. The SMILES string of the molecule is CC(=O)CN1C(=O)C2C(N=C3N(c4ccc(F)cc4)C(C)=CN32)N(C)C1=O. The quantitative estimate of drug-likeness (QED) is 0.802. The maximum Gasteiger partial charge on any atom is 0.328 e. The average molecular weight is 371 g/mol. The van der Waals surface area contributed by atoms with Crippen LogP contribution >= 0.6 is 0 Å². The van der Waals surface area contributed by atoms with Crippen LogP contribution in [-0.2, 0) is 9.59 Å². The molecule has 2 atom stereocenters. The number of likely N-dealkylation sites (N-methyl/N-ethyl adjacent to an activating group) is 1. The number of urea groups is 1. The lowest BCUT2D eigenvalue weighted by molar-refractivity contribution is -0.139. The molecule has 27 heavy (non-hydrogen) atoms. The lowest BCUT2D eigenvalue weighted by atomic mass is 10.1. The van der Waals surface area contributed by atoms with Crippen molar-refractivity contribution in [1.29, 1.82) is 0 Å². The van der Waals surface area contributed by atoms with Gasteiger partial charge in [-0.2, -0.15) is 0 Å². The third kappa shape index (κ3) is 2.49. The topological polar surface area (TPSA) is 76.5 Å². The molecular weight excluding hydrogens is 353 g/mol. The van der Waals surface area contributed by atoms with E-state index in [1.807, 2.05) is 6.92 Å². The smallest absolute Gasteiger partial charge is 0.302 e. The number of carbonyl (C=O) groups is 3. The van der Waals surface area contributed by atoms with Crippen LogP contribution in [0.2, 0.25) is 0 Å². The van der Waals surface area contributed by atoms with Crippen LogP contribution in [0.25, 0.3) is 0 Å². The van der Waals surface area contributed by atoms with E-state index in [2.05, 4.69) is 4.99 Å². The van der Waals surface area contributed by atoms with Crippen LogP contribution in [0, 0.1) is 5.82 Å². The Balaban J connectivity index is 1.71. The Labute approximate surface area is 155 Å². The Bertz CT molecular complexity index is 910. The molecule has 8 nitrogen and oxygen atoms in total. The normalized spacial score (nSPS) is 24.1. The number of ketones is 1. The van der Waals surface area contributed by atoms with Gasteiger partial charge in [-0.15, -0.1) is 0 Å². The highest BCUT2D eigenvalue weighted by atomic mass is 19.1. The highest BCUT2D eigenvalue weighted by Crippen LogP contribution is 2.36. The highest BCUT2D eigenvalue weighted by Gasteiger charge is 2.54. The number of Topliss-reactive ketones (excluding diaryl/α,β-unsaturated/α-hetero) is 1. The number of aliphatic imine (C=N–C) groups is 1. The van der Waals surface area contributed by atoms with E-state index in [1.54, 1.807) is 35.2 Å². The summed E-state index contributed by atoms with van der Waals surface area (Å²) in [4.78, 5) is 47.4. The van der Waals surface area contributed by atoms with E-state index in [0.29, 0.717) is 11.6 Å². The fourth-order valence-corrected chi connectivity index (χ4v) is 3.63. The first kappa shape index (κ1) is 17.2. The molecule has 2 unspecified atom stereocenters. The average Bonchev–Trinajstić information content (AvgIpc) is 3.12. The van der Waals surface area contributed by atoms with E-state index in [4.69, 9.17) is 0 Å². The van der Waals surface area contributed by atoms with Crippen molar-refractivity contribution in [3.63, 3.8) is 0 Å². The molecule has 0 saturated carbocycles. The van der Waals surface area contributed by atoms with Crippen molar-refractivity contribution < 1.29 is 18.8 Å². The number of halogens is 1. The van der Waals surface area contributed by atoms with Crippen molar-refractivity contribution in [2.75, 3.05) is 18.5 Å². The van der Waals surface area contributed by atoms with Crippen LogP contribution in [0.1, 0.15) is 13.8 Å². The minimum Gasteiger partial charge on any atom is -0.302 e. The summed E-state index contributed by atoms with van der Waals surface area (Å²) >= 11 is 0. The Morgan fingerprint density at radius 2 is 1.89 bits per heavy atom. The van der Waals surface area contributed by atoms with E-state index >= 15 is 0 Å². The van der Waals surface area contributed by atoms with Gasteiger partial charge in [0.2, 0.25) is 5.96 Å². The summed E-state index contributed by atoms with van der Waals surface area (Å²) in [6.07, 6.45) is 1.09. The number of allylic oxidation sites excluding steroid dienone is 1. The molecule has 9 heteroatoms. The number of carbonyl (C=O) groups excluding carboxylic acids is 3. The van der Waals surface area contributed by atoms with Crippen LogP contribution in [0.4, 0.5) is 14.9 Å². The van der Waals surface area contributed by atoms with Gasteiger partial charge < -0.3 is 9.80 Å². The van der Waals surface area contributed by atoms with Crippen molar-refractivity contribution in [2.24, 2.45) is 4.99 Å². The second-order valence-electron chi connectivity index (χ2n) is 6.80. The number of nitrogens with zero attached hydrogens (tertiary/aromatic N) is 5. The van der Waals surface area contributed by atoms with Crippen LogP contribution in [0.15, 0.2) is 41.2 Å². The summed E-state index contributed by atoms with van der Waals surface area (Å²) in [5, 5.41) is 0. The van der Waals surface area contributed by atoms with Gasteiger partial charge in [0.15, 0.2) is 12.2 Å². The molecule has 1 fully saturated rings. The molecule has 3 heterocycles. The van der Waals surface area contributed by atoms with E-state index in [0.717, 1.165) is 10.6 Å². The molecule has 0 aliphatic carbocycles. The molecule has 0 bridgehead atoms. The molecule has 0 N–H and O–H groups in total.